The number of ether oxygens (including phenoxy) is 1. The number of amides is 1. The quantitative estimate of drug-likeness (QED) is 0.904. The molecule has 0 spiro atoms. The molecule has 1 N–H and O–H groups in total. The molecule has 3 rings (SSSR count). The van der Waals surface area contributed by atoms with E-state index in [9.17, 15) is 9.18 Å². The monoisotopic (exact) mass is 330 g/mol. The number of nitrogens with zero attached hydrogens (tertiary/aromatic N) is 3. The van der Waals surface area contributed by atoms with E-state index in [0.717, 1.165) is 12.0 Å². The molecular formula is C17H19FN4O2. The highest BCUT2D eigenvalue weighted by molar-refractivity contribution is 5.92. The molecule has 1 aliphatic rings. The third-order valence-corrected chi connectivity index (χ3v) is 3.82. The first kappa shape index (κ1) is 16.3. The Morgan fingerprint density at radius 2 is 1.88 bits per heavy atom. The number of benzene rings is 1. The summed E-state index contributed by atoms with van der Waals surface area (Å²) in [7, 11) is 0. The predicted octanol–water partition coefficient (Wildman–Crippen LogP) is 1.74. The highest BCUT2D eigenvalue weighted by atomic mass is 19.1. The Morgan fingerprint density at radius 1 is 1.12 bits per heavy atom. The van der Waals surface area contributed by atoms with Gasteiger partial charge in [0, 0.05) is 19.6 Å². The standard InChI is InChI=1S/C17H19FN4O2/c18-14-3-1-13(2-4-14)7-8-19-16-6-5-15(20-21-16)17(23)22-9-11-24-12-10-22/h1-6H,7-12H2,(H,19,21). The van der Waals surface area contributed by atoms with E-state index in [1.807, 2.05) is 0 Å². The SMILES string of the molecule is O=C(c1ccc(NCCc2ccc(F)cc2)nn1)N1CCOCC1. The van der Waals surface area contributed by atoms with Crippen molar-refractivity contribution in [1.29, 1.82) is 0 Å². The molecule has 1 fully saturated rings. The van der Waals surface area contributed by atoms with Crippen molar-refractivity contribution in [3.05, 3.63) is 53.5 Å². The van der Waals surface area contributed by atoms with Gasteiger partial charge in [0.1, 0.15) is 11.6 Å². The van der Waals surface area contributed by atoms with Gasteiger partial charge in [-0.1, -0.05) is 12.1 Å². The maximum atomic E-state index is 12.8. The molecule has 0 saturated carbocycles. The van der Waals surface area contributed by atoms with E-state index in [2.05, 4.69) is 15.5 Å². The Hall–Kier alpha value is -2.54. The number of carbonyl (C=O) groups excluding carboxylic acids is 1. The van der Waals surface area contributed by atoms with Gasteiger partial charge in [-0.05, 0) is 36.2 Å². The number of hydrogen-bond donors (Lipinski definition) is 1. The smallest absolute Gasteiger partial charge is 0.274 e. The van der Waals surface area contributed by atoms with E-state index >= 15 is 0 Å². The van der Waals surface area contributed by atoms with E-state index in [-0.39, 0.29) is 11.7 Å². The van der Waals surface area contributed by atoms with Crippen LogP contribution in [-0.2, 0) is 11.2 Å². The first-order valence-corrected chi connectivity index (χ1v) is 7.91. The number of aromatic nitrogens is 2. The minimum Gasteiger partial charge on any atom is -0.378 e. The van der Waals surface area contributed by atoms with Crippen molar-refractivity contribution in [3.63, 3.8) is 0 Å². The summed E-state index contributed by atoms with van der Waals surface area (Å²) >= 11 is 0. The average molecular weight is 330 g/mol. The van der Waals surface area contributed by atoms with Crippen molar-refractivity contribution in [2.24, 2.45) is 0 Å². The topological polar surface area (TPSA) is 67.4 Å². The summed E-state index contributed by atoms with van der Waals surface area (Å²) in [6.07, 6.45) is 0.746. The molecule has 7 heteroatoms. The minimum absolute atomic E-state index is 0.122. The normalized spacial score (nSPS) is 14.5. The van der Waals surface area contributed by atoms with E-state index in [1.54, 1.807) is 29.2 Å². The van der Waals surface area contributed by atoms with Gasteiger partial charge in [-0.15, -0.1) is 10.2 Å². The molecular weight excluding hydrogens is 311 g/mol. The Bertz CT molecular complexity index is 670. The molecule has 1 aliphatic heterocycles. The zero-order valence-corrected chi connectivity index (χ0v) is 13.2. The maximum Gasteiger partial charge on any atom is 0.274 e. The molecule has 126 valence electrons. The van der Waals surface area contributed by atoms with Crippen LogP contribution in [-0.4, -0.2) is 53.9 Å². The average Bonchev–Trinajstić information content (AvgIpc) is 2.64. The van der Waals surface area contributed by atoms with Crippen molar-refractivity contribution in [2.45, 2.75) is 6.42 Å². The van der Waals surface area contributed by atoms with Crippen LogP contribution in [0.3, 0.4) is 0 Å². The minimum atomic E-state index is -0.238. The lowest BCUT2D eigenvalue weighted by Crippen LogP contribution is -2.41. The molecule has 1 amide bonds. The van der Waals surface area contributed by atoms with Gasteiger partial charge in [-0.2, -0.15) is 0 Å². The Balaban J connectivity index is 1.50. The van der Waals surface area contributed by atoms with Crippen LogP contribution in [0.15, 0.2) is 36.4 Å². The molecule has 0 aliphatic carbocycles. The second-order valence-electron chi connectivity index (χ2n) is 5.51. The summed E-state index contributed by atoms with van der Waals surface area (Å²) in [5.41, 5.74) is 1.37. The van der Waals surface area contributed by atoms with Gasteiger partial charge in [0.15, 0.2) is 5.69 Å². The molecule has 1 aromatic heterocycles. The van der Waals surface area contributed by atoms with Crippen molar-refractivity contribution in [2.75, 3.05) is 38.2 Å². The van der Waals surface area contributed by atoms with Crippen LogP contribution in [0.2, 0.25) is 0 Å². The van der Waals surface area contributed by atoms with Gasteiger partial charge >= 0.3 is 0 Å². The van der Waals surface area contributed by atoms with Crippen LogP contribution >= 0.6 is 0 Å². The van der Waals surface area contributed by atoms with E-state index < -0.39 is 0 Å². The molecule has 1 aromatic carbocycles. The number of anilines is 1. The van der Waals surface area contributed by atoms with Crippen molar-refractivity contribution in [3.8, 4) is 0 Å². The van der Waals surface area contributed by atoms with Crippen LogP contribution in [0.4, 0.5) is 10.2 Å². The number of carbonyl (C=O) groups is 1. The molecule has 24 heavy (non-hydrogen) atoms. The summed E-state index contributed by atoms with van der Waals surface area (Å²) in [6.45, 7) is 2.93. The van der Waals surface area contributed by atoms with E-state index in [1.165, 1.54) is 12.1 Å². The fourth-order valence-corrected chi connectivity index (χ4v) is 2.46. The highest BCUT2D eigenvalue weighted by Gasteiger charge is 2.19. The van der Waals surface area contributed by atoms with Gasteiger partial charge in [0.05, 0.1) is 13.2 Å². The number of rotatable bonds is 5. The Morgan fingerprint density at radius 3 is 2.54 bits per heavy atom. The molecule has 1 saturated heterocycles. The number of morpholine rings is 1. The maximum absolute atomic E-state index is 12.8. The summed E-state index contributed by atoms with van der Waals surface area (Å²) in [5, 5.41) is 11.2. The first-order valence-electron chi connectivity index (χ1n) is 7.91. The summed E-state index contributed by atoms with van der Waals surface area (Å²) in [6, 6.07) is 9.82. The molecule has 6 nitrogen and oxygen atoms in total. The Kier molecular flexibility index (Phi) is 5.32. The number of hydrogen-bond acceptors (Lipinski definition) is 5. The van der Waals surface area contributed by atoms with Gasteiger partial charge in [-0.3, -0.25) is 4.79 Å². The van der Waals surface area contributed by atoms with Crippen LogP contribution in [0, 0.1) is 5.82 Å². The zero-order valence-electron chi connectivity index (χ0n) is 13.2. The zero-order chi connectivity index (χ0) is 16.8. The van der Waals surface area contributed by atoms with Gasteiger partial charge < -0.3 is 15.0 Å². The summed E-state index contributed by atoms with van der Waals surface area (Å²) in [4.78, 5) is 14.0. The van der Waals surface area contributed by atoms with Crippen LogP contribution in [0.1, 0.15) is 16.1 Å². The van der Waals surface area contributed by atoms with Crippen LogP contribution in [0.25, 0.3) is 0 Å². The van der Waals surface area contributed by atoms with Gasteiger partial charge in [0.25, 0.3) is 5.91 Å². The lowest BCUT2D eigenvalue weighted by Gasteiger charge is -2.26. The third-order valence-electron chi connectivity index (χ3n) is 3.82. The van der Waals surface area contributed by atoms with E-state index in [4.69, 9.17) is 4.74 Å². The Labute approximate surface area is 139 Å². The number of nitrogens with one attached hydrogen (secondary N) is 1. The molecule has 0 unspecified atom stereocenters. The predicted molar refractivity (Wildman–Crippen MR) is 87.3 cm³/mol. The fourth-order valence-electron chi connectivity index (χ4n) is 2.46. The summed E-state index contributed by atoms with van der Waals surface area (Å²) in [5.74, 6) is 0.248. The lowest BCUT2D eigenvalue weighted by atomic mass is 10.1. The van der Waals surface area contributed by atoms with Gasteiger partial charge in [-0.25, -0.2) is 4.39 Å². The van der Waals surface area contributed by atoms with Gasteiger partial charge in [0.2, 0.25) is 0 Å². The second kappa shape index (κ2) is 7.83. The lowest BCUT2D eigenvalue weighted by molar-refractivity contribution is 0.0298. The molecule has 0 bridgehead atoms. The largest absolute Gasteiger partial charge is 0.378 e. The summed E-state index contributed by atoms with van der Waals surface area (Å²) < 4.78 is 18.1. The fraction of sp³-hybridized carbons (Fsp3) is 0.353. The molecule has 0 radical (unpaired) electrons. The third kappa shape index (κ3) is 4.26. The van der Waals surface area contributed by atoms with Crippen LogP contribution in [0.5, 0.6) is 0 Å². The van der Waals surface area contributed by atoms with Crippen molar-refractivity contribution >= 4 is 11.7 Å². The number of halogens is 1. The van der Waals surface area contributed by atoms with E-state index in [0.29, 0.717) is 44.4 Å². The van der Waals surface area contributed by atoms with Crippen LogP contribution < -0.4 is 5.32 Å². The van der Waals surface area contributed by atoms with Crippen molar-refractivity contribution in [1.82, 2.24) is 15.1 Å². The first-order chi connectivity index (χ1) is 11.7. The second-order valence-corrected chi connectivity index (χ2v) is 5.51. The molecule has 0 atom stereocenters. The molecule has 2 aromatic rings. The molecule has 2 heterocycles. The van der Waals surface area contributed by atoms with Crippen molar-refractivity contribution < 1.29 is 13.9 Å². The highest BCUT2D eigenvalue weighted by Crippen LogP contribution is 2.08.